The summed E-state index contributed by atoms with van der Waals surface area (Å²) in [6, 6.07) is 5.09. The van der Waals surface area contributed by atoms with Gasteiger partial charge in [-0.3, -0.25) is 0 Å². The van der Waals surface area contributed by atoms with Gasteiger partial charge in [0.2, 0.25) is 0 Å². The maximum absolute atomic E-state index is 15.1. The Bertz CT molecular complexity index is 1150. The fraction of sp³-hybridized carbons (Fsp3) is 0.364. The molecule has 2 aliphatic heterocycles. The van der Waals surface area contributed by atoms with E-state index in [-0.39, 0.29) is 24.4 Å². The predicted molar refractivity (Wildman–Crippen MR) is 111 cm³/mol. The molecule has 160 valence electrons. The van der Waals surface area contributed by atoms with Gasteiger partial charge in [0.1, 0.15) is 23.8 Å². The van der Waals surface area contributed by atoms with Crippen LogP contribution in [-0.4, -0.2) is 53.3 Å². The topological polar surface area (TPSA) is 88.8 Å². The minimum absolute atomic E-state index is 0.00712. The lowest BCUT2D eigenvalue weighted by Gasteiger charge is -2.41. The van der Waals surface area contributed by atoms with Crippen molar-refractivity contribution < 1.29 is 13.9 Å². The number of phenolic OH excluding ortho intramolecular Hbond substituents is 1. The summed E-state index contributed by atoms with van der Waals surface area (Å²) in [5.41, 5.74) is 0.337. The molecule has 0 saturated carbocycles. The molecule has 2 aromatic heterocycles. The number of nitrogens with zero attached hydrogens (tertiary/aromatic N) is 5. The van der Waals surface area contributed by atoms with Crippen LogP contribution in [0.25, 0.3) is 23.2 Å². The minimum Gasteiger partial charge on any atom is -0.507 e. The fourth-order valence-electron chi connectivity index (χ4n) is 4.69. The van der Waals surface area contributed by atoms with E-state index in [2.05, 4.69) is 25.5 Å². The van der Waals surface area contributed by atoms with E-state index in [0.29, 0.717) is 16.8 Å². The molecule has 0 unspecified atom stereocenters. The predicted octanol–water partition coefficient (Wildman–Crippen LogP) is 3.40. The van der Waals surface area contributed by atoms with Crippen molar-refractivity contribution in [3.63, 3.8) is 0 Å². The molecule has 0 radical (unpaired) electrons. The molecular formula is C22H22F2N6O. The fourth-order valence-corrected chi connectivity index (χ4v) is 4.69. The van der Waals surface area contributed by atoms with Gasteiger partial charge in [-0.1, -0.05) is 0 Å². The molecule has 5 rings (SSSR count). The summed E-state index contributed by atoms with van der Waals surface area (Å²) < 4.78 is 31.3. The van der Waals surface area contributed by atoms with Crippen LogP contribution >= 0.6 is 0 Å². The Morgan fingerprint density at radius 3 is 2.74 bits per heavy atom. The number of halogens is 2. The molecule has 2 aliphatic rings. The van der Waals surface area contributed by atoms with E-state index < -0.39 is 23.4 Å². The number of rotatable bonds is 3. The smallest absolute Gasteiger partial charge is 0.185 e. The van der Waals surface area contributed by atoms with Crippen LogP contribution < -0.4 is 5.32 Å². The Morgan fingerprint density at radius 1 is 1.23 bits per heavy atom. The first-order chi connectivity index (χ1) is 14.8. The first kappa shape index (κ1) is 19.7. The molecule has 7 nitrogen and oxygen atoms in total. The zero-order valence-corrected chi connectivity index (χ0v) is 17.1. The molecule has 2 fully saturated rings. The Labute approximate surface area is 177 Å². The number of fused-ring (bicyclic) bond motifs is 2. The number of phenols is 1. The summed E-state index contributed by atoms with van der Waals surface area (Å²) in [6.45, 7) is 3.50. The number of hydrogen-bond acceptors (Lipinski definition) is 6. The van der Waals surface area contributed by atoms with Gasteiger partial charge in [-0.05, 0) is 44.1 Å². The SMILES string of the molecule is C[C@]12C/C(=C\c3cnc(-c4ccc(-n5ccnc5)cc4O)nn3)[C@H](F)[C@](C)(C[C@@H]1F)N2. The van der Waals surface area contributed by atoms with Gasteiger partial charge >= 0.3 is 0 Å². The number of alkyl halides is 2. The number of imidazole rings is 1. The number of piperidine rings is 1. The highest BCUT2D eigenvalue weighted by Crippen LogP contribution is 2.47. The Morgan fingerprint density at radius 2 is 2.06 bits per heavy atom. The zero-order chi connectivity index (χ0) is 21.8. The highest BCUT2D eigenvalue weighted by Gasteiger charge is 2.58. The lowest BCUT2D eigenvalue weighted by atomic mass is 9.82. The third-order valence-corrected chi connectivity index (χ3v) is 6.26. The molecule has 3 aromatic rings. The van der Waals surface area contributed by atoms with Crippen molar-refractivity contribution in [2.24, 2.45) is 0 Å². The van der Waals surface area contributed by atoms with Crippen LogP contribution in [0.5, 0.6) is 5.75 Å². The van der Waals surface area contributed by atoms with Crippen molar-refractivity contribution >= 4 is 6.08 Å². The van der Waals surface area contributed by atoms with E-state index in [1.54, 1.807) is 55.3 Å². The lowest BCUT2D eigenvalue weighted by Crippen LogP contribution is -2.58. The quantitative estimate of drug-likeness (QED) is 0.670. The van der Waals surface area contributed by atoms with Crippen LogP contribution in [0.15, 0.2) is 48.7 Å². The largest absolute Gasteiger partial charge is 0.507 e. The molecule has 0 aliphatic carbocycles. The van der Waals surface area contributed by atoms with Crippen LogP contribution in [0.2, 0.25) is 0 Å². The Balaban J connectivity index is 1.41. The summed E-state index contributed by atoms with van der Waals surface area (Å²) in [6.07, 6.45) is 6.10. The molecule has 2 saturated heterocycles. The van der Waals surface area contributed by atoms with E-state index in [0.717, 1.165) is 5.69 Å². The molecular weight excluding hydrogens is 402 g/mol. The second kappa shape index (κ2) is 6.91. The maximum atomic E-state index is 15.1. The van der Waals surface area contributed by atoms with Gasteiger partial charge in [0.15, 0.2) is 5.82 Å². The summed E-state index contributed by atoms with van der Waals surface area (Å²) in [5.74, 6) is 0.259. The molecule has 31 heavy (non-hydrogen) atoms. The molecule has 2 N–H and O–H groups in total. The monoisotopic (exact) mass is 424 g/mol. The van der Waals surface area contributed by atoms with Gasteiger partial charge in [0.25, 0.3) is 0 Å². The molecule has 2 bridgehead atoms. The average molecular weight is 424 g/mol. The van der Waals surface area contributed by atoms with Crippen molar-refractivity contribution in [2.75, 3.05) is 0 Å². The zero-order valence-electron chi connectivity index (χ0n) is 17.1. The molecule has 4 heterocycles. The third-order valence-electron chi connectivity index (χ3n) is 6.26. The van der Waals surface area contributed by atoms with Crippen molar-refractivity contribution in [2.45, 2.75) is 50.1 Å². The summed E-state index contributed by atoms with van der Waals surface area (Å²) in [7, 11) is 0. The van der Waals surface area contributed by atoms with Gasteiger partial charge < -0.3 is 15.0 Å². The number of aromatic hydroxyl groups is 1. The van der Waals surface area contributed by atoms with Crippen molar-refractivity contribution in [3.8, 4) is 22.8 Å². The van der Waals surface area contributed by atoms with E-state index in [9.17, 15) is 9.50 Å². The minimum atomic E-state index is -1.32. The van der Waals surface area contributed by atoms with Gasteiger partial charge in [-0.25, -0.2) is 18.7 Å². The lowest BCUT2D eigenvalue weighted by molar-refractivity contribution is 0.151. The van der Waals surface area contributed by atoms with Crippen LogP contribution in [0.1, 0.15) is 32.4 Å². The average Bonchev–Trinajstić information content (AvgIpc) is 3.33. The summed E-state index contributed by atoms with van der Waals surface area (Å²) >= 11 is 0. The molecule has 9 heteroatoms. The summed E-state index contributed by atoms with van der Waals surface area (Å²) in [5, 5.41) is 21.8. The molecule has 0 amide bonds. The van der Waals surface area contributed by atoms with E-state index in [1.165, 1.54) is 6.20 Å². The summed E-state index contributed by atoms with van der Waals surface area (Å²) in [4.78, 5) is 8.27. The Hall–Kier alpha value is -3.20. The molecule has 4 atom stereocenters. The van der Waals surface area contributed by atoms with Gasteiger partial charge in [-0.2, -0.15) is 0 Å². The molecule has 0 spiro atoms. The number of benzene rings is 1. The third kappa shape index (κ3) is 3.29. The van der Waals surface area contributed by atoms with Crippen LogP contribution in [0, 0.1) is 0 Å². The highest BCUT2D eigenvalue weighted by atomic mass is 19.1. The first-order valence-electron chi connectivity index (χ1n) is 10.1. The van der Waals surface area contributed by atoms with Gasteiger partial charge in [-0.15, -0.1) is 10.2 Å². The maximum Gasteiger partial charge on any atom is 0.185 e. The standard InChI is InChI=1S/C22H22F2N6O/c1-21-9-13(19(24)22(2,29-21)10-18(21)23)7-14-11-26-20(28-27-14)16-4-3-15(8-17(16)31)30-6-5-25-12-30/h3-8,11-12,18-19,29,31H,9-10H2,1-2H3/b13-7+/t18-,19-,21-,22-/m0/s1. The second-order valence-corrected chi connectivity index (χ2v) is 8.77. The number of aromatic nitrogens is 5. The van der Waals surface area contributed by atoms with Crippen LogP contribution in [0.3, 0.4) is 0 Å². The first-order valence-corrected chi connectivity index (χ1v) is 10.1. The van der Waals surface area contributed by atoms with Crippen molar-refractivity contribution in [1.29, 1.82) is 0 Å². The second-order valence-electron chi connectivity index (χ2n) is 8.77. The van der Waals surface area contributed by atoms with E-state index in [1.807, 2.05) is 6.07 Å². The highest BCUT2D eigenvalue weighted by molar-refractivity contribution is 5.66. The van der Waals surface area contributed by atoms with E-state index in [4.69, 9.17) is 0 Å². The number of nitrogens with one attached hydrogen (secondary N) is 1. The molecule has 1 aromatic carbocycles. The van der Waals surface area contributed by atoms with E-state index >= 15 is 4.39 Å². The van der Waals surface area contributed by atoms with Crippen molar-refractivity contribution in [1.82, 2.24) is 30.0 Å². The van der Waals surface area contributed by atoms with Crippen LogP contribution in [-0.2, 0) is 0 Å². The normalized spacial score (nSPS) is 31.3. The number of hydrogen-bond donors (Lipinski definition) is 2. The van der Waals surface area contributed by atoms with Crippen molar-refractivity contribution in [3.05, 3.63) is 54.4 Å². The van der Waals surface area contributed by atoms with Crippen LogP contribution in [0.4, 0.5) is 8.78 Å². The van der Waals surface area contributed by atoms with Gasteiger partial charge in [0, 0.05) is 24.9 Å². The Kier molecular flexibility index (Phi) is 4.40. The van der Waals surface area contributed by atoms with Gasteiger partial charge in [0.05, 0.1) is 34.9 Å².